The molecule has 1 aromatic carbocycles. The lowest BCUT2D eigenvalue weighted by Crippen LogP contribution is -2.27. The average Bonchev–Trinajstić information content (AvgIpc) is 2.15. The molecule has 0 heterocycles. The van der Waals surface area contributed by atoms with Crippen LogP contribution in [-0.2, 0) is 0 Å². The predicted octanol–water partition coefficient (Wildman–Crippen LogP) is 2.63. The van der Waals surface area contributed by atoms with Crippen molar-refractivity contribution in [2.75, 3.05) is 11.9 Å². The van der Waals surface area contributed by atoms with E-state index in [0.29, 0.717) is 11.8 Å². The van der Waals surface area contributed by atoms with E-state index in [2.05, 4.69) is 18.7 Å². The number of hydrogen-bond donors (Lipinski definition) is 1. The van der Waals surface area contributed by atoms with E-state index < -0.39 is 0 Å². The van der Waals surface area contributed by atoms with E-state index in [1.54, 1.807) is 12.1 Å². The van der Waals surface area contributed by atoms with E-state index in [9.17, 15) is 5.11 Å². The zero-order chi connectivity index (χ0) is 9.84. The molecular weight excluding hydrogens is 162 g/mol. The van der Waals surface area contributed by atoms with Gasteiger partial charge in [-0.1, -0.05) is 13.0 Å². The number of phenols is 1. The maximum Gasteiger partial charge on any atom is 0.117 e. The topological polar surface area (TPSA) is 23.5 Å². The molecule has 0 aromatic heterocycles. The van der Waals surface area contributed by atoms with Gasteiger partial charge >= 0.3 is 0 Å². The van der Waals surface area contributed by atoms with E-state index in [-0.39, 0.29) is 0 Å². The first kappa shape index (κ1) is 9.90. The van der Waals surface area contributed by atoms with E-state index in [1.165, 1.54) is 0 Å². The Morgan fingerprint density at radius 1 is 1.46 bits per heavy atom. The minimum atomic E-state index is 0.327. The van der Waals surface area contributed by atoms with Crippen LogP contribution in [0.3, 0.4) is 0 Å². The molecule has 1 aromatic rings. The summed E-state index contributed by atoms with van der Waals surface area (Å²) in [4.78, 5) is 2.17. The standard InChI is InChI=1S/C11H17NO/c1-4-9(2)12(3)10-6-5-7-11(13)8-10/h5-9,13H,4H2,1-3H3. The van der Waals surface area contributed by atoms with Crippen molar-refractivity contribution in [1.82, 2.24) is 0 Å². The summed E-state index contributed by atoms with van der Waals surface area (Å²) in [5, 5.41) is 9.29. The Kier molecular flexibility index (Phi) is 3.18. The summed E-state index contributed by atoms with van der Waals surface area (Å²) in [5.74, 6) is 0.327. The van der Waals surface area contributed by atoms with Crippen molar-refractivity contribution in [2.45, 2.75) is 26.3 Å². The van der Waals surface area contributed by atoms with Crippen LogP contribution in [0.2, 0.25) is 0 Å². The number of phenolic OH excluding ortho intramolecular Hbond substituents is 1. The van der Waals surface area contributed by atoms with Gasteiger partial charge in [0.25, 0.3) is 0 Å². The molecule has 0 aliphatic rings. The summed E-state index contributed by atoms with van der Waals surface area (Å²) in [7, 11) is 2.04. The summed E-state index contributed by atoms with van der Waals surface area (Å²) >= 11 is 0. The largest absolute Gasteiger partial charge is 0.508 e. The Balaban J connectivity index is 2.82. The molecule has 13 heavy (non-hydrogen) atoms. The molecule has 0 saturated heterocycles. The Morgan fingerprint density at radius 3 is 2.69 bits per heavy atom. The molecule has 0 saturated carbocycles. The van der Waals surface area contributed by atoms with Gasteiger partial charge in [0, 0.05) is 24.8 Å². The lowest BCUT2D eigenvalue weighted by atomic mass is 10.2. The molecule has 2 nitrogen and oxygen atoms in total. The van der Waals surface area contributed by atoms with Crippen molar-refractivity contribution in [3.63, 3.8) is 0 Å². The Hall–Kier alpha value is -1.18. The fraction of sp³-hybridized carbons (Fsp3) is 0.455. The Labute approximate surface area is 79.8 Å². The van der Waals surface area contributed by atoms with Gasteiger partial charge in [-0.05, 0) is 25.5 Å². The molecule has 0 spiro atoms. The number of anilines is 1. The van der Waals surface area contributed by atoms with E-state index in [0.717, 1.165) is 12.1 Å². The number of nitrogens with zero attached hydrogens (tertiary/aromatic N) is 1. The first-order chi connectivity index (χ1) is 6.15. The molecule has 0 bridgehead atoms. The van der Waals surface area contributed by atoms with Crippen LogP contribution in [0.15, 0.2) is 24.3 Å². The SMILES string of the molecule is CCC(C)N(C)c1cccc(O)c1. The van der Waals surface area contributed by atoms with Crippen molar-refractivity contribution in [3.8, 4) is 5.75 Å². The number of aromatic hydroxyl groups is 1. The van der Waals surface area contributed by atoms with Crippen LogP contribution in [0.1, 0.15) is 20.3 Å². The van der Waals surface area contributed by atoms with Gasteiger partial charge in [0.15, 0.2) is 0 Å². The maximum absolute atomic E-state index is 9.29. The molecule has 0 amide bonds. The summed E-state index contributed by atoms with van der Waals surface area (Å²) in [5.41, 5.74) is 1.06. The van der Waals surface area contributed by atoms with Crippen molar-refractivity contribution in [3.05, 3.63) is 24.3 Å². The van der Waals surface area contributed by atoms with Crippen LogP contribution in [-0.4, -0.2) is 18.2 Å². The molecule has 1 atom stereocenters. The zero-order valence-corrected chi connectivity index (χ0v) is 8.49. The third-order valence-electron chi connectivity index (χ3n) is 2.49. The van der Waals surface area contributed by atoms with Crippen LogP contribution in [0.25, 0.3) is 0 Å². The minimum Gasteiger partial charge on any atom is -0.508 e. The Bertz CT molecular complexity index is 273. The smallest absolute Gasteiger partial charge is 0.117 e. The summed E-state index contributed by atoms with van der Waals surface area (Å²) < 4.78 is 0. The molecule has 72 valence electrons. The molecule has 2 heteroatoms. The van der Waals surface area contributed by atoms with Crippen molar-refractivity contribution >= 4 is 5.69 Å². The molecule has 1 rings (SSSR count). The third kappa shape index (κ3) is 2.38. The second-order valence-electron chi connectivity index (χ2n) is 3.39. The van der Waals surface area contributed by atoms with Gasteiger partial charge < -0.3 is 10.0 Å². The minimum absolute atomic E-state index is 0.327. The fourth-order valence-corrected chi connectivity index (χ4v) is 1.24. The van der Waals surface area contributed by atoms with Gasteiger partial charge in [0.2, 0.25) is 0 Å². The van der Waals surface area contributed by atoms with Gasteiger partial charge in [-0.25, -0.2) is 0 Å². The zero-order valence-electron chi connectivity index (χ0n) is 8.49. The van der Waals surface area contributed by atoms with Gasteiger partial charge in [0.1, 0.15) is 5.75 Å². The average molecular weight is 179 g/mol. The maximum atomic E-state index is 9.29. The van der Waals surface area contributed by atoms with Crippen LogP contribution in [0.4, 0.5) is 5.69 Å². The number of rotatable bonds is 3. The molecule has 1 N–H and O–H groups in total. The van der Waals surface area contributed by atoms with Gasteiger partial charge in [-0.2, -0.15) is 0 Å². The summed E-state index contributed by atoms with van der Waals surface area (Å²) in [6.07, 6.45) is 1.10. The second-order valence-corrected chi connectivity index (χ2v) is 3.39. The monoisotopic (exact) mass is 179 g/mol. The Morgan fingerprint density at radius 2 is 2.15 bits per heavy atom. The highest BCUT2D eigenvalue weighted by Crippen LogP contribution is 2.21. The lowest BCUT2D eigenvalue weighted by molar-refractivity contribution is 0.475. The van der Waals surface area contributed by atoms with Gasteiger partial charge in [-0.15, -0.1) is 0 Å². The second kappa shape index (κ2) is 4.17. The van der Waals surface area contributed by atoms with Crippen LogP contribution in [0.5, 0.6) is 5.75 Å². The number of hydrogen-bond acceptors (Lipinski definition) is 2. The molecule has 0 radical (unpaired) electrons. The highest BCUT2D eigenvalue weighted by molar-refractivity contribution is 5.50. The normalized spacial score (nSPS) is 12.5. The quantitative estimate of drug-likeness (QED) is 0.771. The fourth-order valence-electron chi connectivity index (χ4n) is 1.24. The predicted molar refractivity (Wildman–Crippen MR) is 56.3 cm³/mol. The number of benzene rings is 1. The first-order valence-electron chi connectivity index (χ1n) is 4.67. The van der Waals surface area contributed by atoms with Crippen molar-refractivity contribution in [2.24, 2.45) is 0 Å². The molecule has 0 aliphatic heterocycles. The van der Waals surface area contributed by atoms with Crippen molar-refractivity contribution in [1.29, 1.82) is 0 Å². The van der Waals surface area contributed by atoms with Gasteiger partial charge in [0.05, 0.1) is 0 Å². The third-order valence-corrected chi connectivity index (χ3v) is 2.49. The van der Waals surface area contributed by atoms with Gasteiger partial charge in [-0.3, -0.25) is 0 Å². The highest BCUT2D eigenvalue weighted by atomic mass is 16.3. The van der Waals surface area contributed by atoms with E-state index >= 15 is 0 Å². The molecule has 1 unspecified atom stereocenters. The van der Waals surface area contributed by atoms with Crippen LogP contribution >= 0.6 is 0 Å². The lowest BCUT2D eigenvalue weighted by Gasteiger charge is -2.25. The first-order valence-corrected chi connectivity index (χ1v) is 4.67. The molecular formula is C11H17NO. The van der Waals surface area contributed by atoms with E-state index in [4.69, 9.17) is 0 Å². The molecule has 0 fully saturated rings. The molecule has 0 aliphatic carbocycles. The van der Waals surface area contributed by atoms with E-state index in [1.807, 2.05) is 19.2 Å². The van der Waals surface area contributed by atoms with Crippen LogP contribution in [0, 0.1) is 0 Å². The summed E-state index contributed by atoms with van der Waals surface area (Å²) in [6, 6.07) is 7.84. The van der Waals surface area contributed by atoms with Crippen molar-refractivity contribution < 1.29 is 5.11 Å². The summed E-state index contributed by atoms with van der Waals surface area (Å²) in [6.45, 7) is 4.33. The van der Waals surface area contributed by atoms with Crippen LogP contribution < -0.4 is 4.90 Å². The highest BCUT2D eigenvalue weighted by Gasteiger charge is 2.07.